The largest absolute Gasteiger partial charge is 0.397 e. The Morgan fingerprint density at radius 2 is 1.97 bits per heavy atom. The number of imidazole rings is 1. The number of nitrogens with zero attached hydrogens (tertiary/aromatic N) is 4. The molecule has 4 aromatic rings. The topological polar surface area (TPSA) is 77.0 Å². The van der Waals surface area contributed by atoms with E-state index >= 15 is 0 Å². The summed E-state index contributed by atoms with van der Waals surface area (Å²) >= 11 is 0. The van der Waals surface area contributed by atoms with Crippen molar-refractivity contribution in [3.63, 3.8) is 0 Å². The van der Waals surface area contributed by atoms with Crippen LogP contribution in [0.5, 0.6) is 0 Å². The third-order valence-corrected chi connectivity index (χ3v) is 6.39. The van der Waals surface area contributed by atoms with Gasteiger partial charge in [-0.25, -0.2) is 4.98 Å². The first-order valence-corrected chi connectivity index (χ1v) is 11.1. The summed E-state index contributed by atoms with van der Waals surface area (Å²) in [7, 11) is 0. The Morgan fingerprint density at radius 3 is 2.81 bits per heavy atom. The van der Waals surface area contributed by atoms with Crippen LogP contribution in [0.25, 0.3) is 10.9 Å². The van der Waals surface area contributed by atoms with Crippen molar-refractivity contribution in [2.24, 2.45) is 0 Å². The quantitative estimate of drug-likeness (QED) is 0.526. The van der Waals surface area contributed by atoms with Crippen LogP contribution in [-0.2, 0) is 6.54 Å². The van der Waals surface area contributed by atoms with Gasteiger partial charge in [-0.15, -0.1) is 0 Å². The normalized spacial score (nSPS) is 16.4. The first-order chi connectivity index (χ1) is 15.6. The van der Waals surface area contributed by atoms with Crippen molar-refractivity contribution in [2.45, 2.75) is 32.2 Å². The van der Waals surface area contributed by atoms with Crippen LogP contribution in [0.4, 0.5) is 5.69 Å². The maximum atomic E-state index is 13.6. The molecule has 2 aromatic heterocycles. The number of nitrogens with two attached hydrogens (primary N) is 1. The third-order valence-electron chi connectivity index (χ3n) is 6.39. The van der Waals surface area contributed by atoms with Crippen molar-refractivity contribution in [3.8, 4) is 0 Å². The van der Waals surface area contributed by atoms with E-state index in [1.165, 1.54) is 0 Å². The number of pyridine rings is 1. The summed E-state index contributed by atoms with van der Waals surface area (Å²) in [6.45, 7) is 3.99. The zero-order valence-electron chi connectivity index (χ0n) is 18.2. The second-order valence-electron chi connectivity index (χ2n) is 8.51. The summed E-state index contributed by atoms with van der Waals surface area (Å²) in [6.07, 6.45) is 5.65. The van der Waals surface area contributed by atoms with E-state index < -0.39 is 0 Å². The molecule has 2 N–H and O–H groups in total. The fourth-order valence-electron chi connectivity index (χ4n) is 4.65. The maximum absolute atomic E-state index is 13.6. The first kappa shape index (κ1) is 20.2. The zero-order chi connectivity index (χ0) is 22.1. The Bertz CT molecular complexity index is 1280. The highest BCUT2D eigenvalue weighted by Crippen LogP contribution is 2.32. The number of anilines is 1. The highest BCUT2D eigenvalue weighted by molar-refractivity contribution is 5.96. The molecule has 3 heterocycles. The average Bonchev–Trinajstić information content (AvgIpc) is 3.23. The molecule has 0 aliphatic carbocycles. The molecule has 162 valence electrons. The molecule has 1 aliphatic rings. The van der Waals surface area contributed by atoms with E-state index in [2.05, 4.69) is 9.55 Å². The molecule has 1 fully saturated rings. The Balaban J connectivity index is 1.40. The van der Waals surface area contributed by atoms with Crippen LogP contribution in [0.1, 0.15) is 46.2 Å². The highest BCUT2D eigenvalue weighted by Gasteiger charge is 2.28. The summed E-state index contributed by atoms with van der Waals surface area (Å²) in [5, 5.41) is 1.04. The van der Waals surface area contributed by atoms with Crippen molar-refractivity contribution < 1.29 is 4.79 Å². The molecule has 6 nitrogen and oxygen atoms in total. The van der Waals surface area contributed by atoms with Gasteiger partial charge >= 0.3 is 0 Å². The number of likely N-dealkylation sites (tertiary alicyclic amines) is 1. The van der Waals surface area contributed by atoms with Crippen LogP contribution in [0, 0.1) is 6.92 Å². The van der Waals surface area contributed by atoms with Crippen molar-refractivity contribution in [3.05, 3.63) is 89.6 Å². The fourth-order valence-corrected chi connectivity index (χ4v) is 4.65. The van der Waals surface area contributed by atoms with E-state index in [9.17, 15) is 4.79 Å². The van der Waals surface area contributed by atoms with Gasteiger partial charge in [0.1, 0.15) is 5.82 Å². The number of piperidine rings is 1. The number of carbonyl (C=O) groups is 1. The number of rotatable bonds is 4. The van der Waals surface area contributed by atoms with Gasteiger partial charge in [-0.2, -0.15) is 0 Å². The average molecular weight is 426 g/mol. The number of fused-ring (bicyclic) bond motifs is 1. The van der Waals surface area contributed by atoms with Crippen molar-refractivity contribution in [1.82, 2.24) is 19.4 Å². The van der Waals surface area contributed by atoms with Gasteiger partial charge < -0.3 is 15.2 Å². The lowest BCUT2D eigenvalue weighted by molar-refractivity contribution is 0.0705. The van der Waals surface area contributed by atoms with Gasteiger partial charge in [0.05, 0.1) is 16.9 Å². The lowest BCUT2D eigenvalue weighted by Crippen LogP contribution is -2.40. The minimum Gasteiger partial charge on any atom is -0.397 e. The standard InChI is InChI=1S/C26H27N5O/c1-18-28-12-14-30(18)16-20-8-2-4-10-22(20)26(32)31-13-6-9-21(17-31)25-23(27)15-19-7-3-5-11-24(19)29-25/h2-5,7-8,10-12,14-15,21H,6,9,13,16-17,27H2,1H3. The van der Waals surface area contributed by atoms with Crippen molar-refractivity contribution >= 4 is 22.5 Å². The van der Waals surface area contributed by atoms with E-state index in [0.29, 0.717) is 18.8 Å². The predicted octanol–water partition coefficient (Wildman–Crippen LogP) is 4.39. The molecular weight excluding hydrogens is 398 g/mol. The summed E-state index contributed by atoms with van der Waals surface area (Å²) in [5.74, 6) is 1.14. The number of hydrogen-bond donors (Lipinski definition) is 1. The number of aryl methyl sites for hydroxylation is 1. The first-order valence-electron chi connectivity index (χ1n) is 11.1. The van der Waals surface area contributed by atoms with Gasteiger partial charge in [0.25, 0.3) is 5.91 Å². The smallest absolute Gasteiger partial charge is 0.254 e. The van der Waals surface area contributed by atoms with Crippen LogP contribution in [0.15, 0.2) is 67.0 Å². The van der Waals surface area contributed by atoms with Crippen LogP contribution >= 0.6 is 0 Å². The number of nitrogen functional groups attached to an aromatic ring is 1. The van der Waals surface area contributed by atoms with Gasteiger partial charge in [0, 0.05) is 48.9 Å². The second-order valence-corrected chi connectivity index (χ2v) is 8.51. The van der Waals surface area contributed by atoms with E-state index in [1.54, 1.807) is 6.20 Å². The minimum atomic E-state index is 0.0717. The Hall–Kier alpha value is -3.67. The Labute approximate surface area is 187 Å². The number of carbonyl (C=O) groups excluding carboxylic acids is 1. The molecule has 0 bridgehead atoms. The van der Waals surface area contributed by atoms with Gasteiger partial charge in [0.2, 0.25) is 0 Å². The molecule has 1 amide bonds. The number of aromatic nitrogens is 3. The molecule has 5 rings (SSSR count). The maximum Gasteiger partial charge on any atom is 0.254 e. The van der Waals surface area contributed by atoms with Crippen LogP contribution in [0.3, 0.4) is 0 Å². The Morgan fingerprint density at radius 1 is 1.16 bits per heavy atom. The number of hydrogen-bond acceptors (Lipinski definition) is 4. The molecule has 32 heavy (non-hydrogen) atoms. The van der Waals surface area contributed by atoms with E-state index in [1.807, 2.05) is 72.6 Å². The zero-order valence-corrected chi connectivity index (χ0v) is 18.2. The summed E-state index contributed by atoms with van der Waals surface area (Å²) in [6, 6.07) is 17.9. The van der Waals surface area contributed by atoms with Crippen molar-refractivity contribution in [1.29, 1.82) is 0 Å². The fraction of sp³-hybridized carbons (Fsp3) is 0.269. The minimum absolute atomic E-state index is 0.0717. The number of amides is 1. The summed E-state index contributed by atoms with van der Waals surface area (Å²) < 4.78 is 2.06. The molecular formula is C26H27N5O. The van der Waals surface area contributed by atoms with E-state index in [4.69, 9.17) is 10.7 Å². The molecule has 1 unspecified atom stereocenters. The van der Waals surface area contributed by atoms with Gasteiger partial charge in [-0.05, 0) is 43.5 Å². The van der Waals surface area contributed by atoms with Crippen LogP contribution in [0.2, 0.25) is 0 Å². The van der Waals surface area contributed by atoms with Gasteiger partial charge in [-0.3, -0.25) is 9.78 Å². The molecule has 2 aromatic carbocycles. The van der Waals surface area contributed by atoms with Gasteiger partial charge in [-0.1, -0.05) is 36.4 Å². The molecule has 0 saturated carbocycles. The van der Waals surface area contributed by atoms with Crippen LogP contribution in [-0.4, -0.2) is 38.4 Å². The second kappa shape index (κ2) is 8.46. The Kier molecular flexibility index (Phi) is 5.35. The van der Waals surface area contributed by atoms with E-state index in [-0.39, 0.29) is 11.8 Å². The van der Waals surface area contributed by atoms with Crippen molar-refractivity contribution in [2.75, 3.05) is 18.8 Å². The molecule has 0 spiro atoms. The number of benzene rings is 2. The molecule has 1 aliphatic heterocycles. The molecule has 1 atom stereocenters. The lowest BCUT2D eigenvalue weighted by Gasteiger charge is -2.33. The monoisotopic (exact) mass is 425 g/mol. The number of para-hydroxylation sites is 1. The molecule has 6 heteroatoms. The summed E-state index contributed by atoms with van der Waals surface area (Å²) in [4.78, 5) is 24.7. The highest BCUT2D eigenvalue weighted by atomic mass is 16.2. The predicted molar refractivity (Wildman–Crippen MR) is 127 cm³/mol. The SMILES string of the molecule is Cc1nccn1Cc1ccccc1C(=O)N1CCCC(c2nc3ccccc3cc2N)C1. The summed E-state index contributed by atoms with van der Waals surface area (Å²) in [5.41, 5.74) is 10.7. The molecule has 1 saturated heterocycles. The van der Waals surface area contributed by atoms with E-state index in [0.717, 1.165) is 52.9 Å². The third kappa shape index (κ3) is 3.84. The molecule has 0 radical (unpaired) electrons. The lowest BCUT2D eigenvalue weighted by atomic mass is 9.92. The van der Waals surface area contributed by atoms with Gasteiger partial charge in [0.15, 0.2) is 0 Å². The van der Waals surface area contributed by atoms with Crippen LogP contribution < -0.4 is 5.73 Å².